The molecule has 1 saturated heterocycles. The predicted molar refractivity (Wildman–Crippen MR) is 177 cm³/mol. The molecule has 1 heterocycles. The highest BCUT2D eigenvalue weighted by Gasteiger charge is 2.28. The first-order valence-corrected chi connectivity index (χ1v) is 15.2. The molecule has 246 valence electrons. The van der Waals surface area contributed by atoms with Crippen LogP contribution in [-0.4, -0.2) is 61.5 Å². The average Bonchev–Trinajstić information content (AvgIpc) is 3.12. The van der Waals surface area contributed by atoms with E-state index in [1.807, 2.05) is 58.9 Å². The van der Waals surface area contributed by atoms with Crippen molar-refractivity contribution in [2.45, 2.75) is 88.1 Å². The minimum atomic E-state index is -0.227. The fourth-order valence-electron chi connectivity index (χ4n) is 3.22. The van der Waals surface area contributed by atoms with Crippen LogP contribution in [0.4, 0.5) is 0 Å². The molecule has 1 aromatic carbocycles. The summed E-state index contributed by atoms with van der Waals surface area (Å²) in [4.78, 5) is 39.8. The number of benzene rings is 1. The molecule has 2 rings (SSSR count). The van der Waals surface area contributed by atoms with Crippen LogP contribution in [-0.2, 0) is 25.7 Å². The summed E-state index contributed by atoms with van der Waals surface area (Å²) in [5.41, 5.74) is 17.7. The Morgan fingerprint density at radius 1 is 1.02 bits per heavy atom. The Kier molecular flexibility index (Phi) is 30.0. The number of ether oxygens (including phenoxy) is 2. The van der Waals surface area contributed by atoms with Crippen LogP contribution in [0.15, 0.2) is 52.7 Å². The highest BCUT2D eigenvalue weighted by Crippen LogP contribution is 2.22. The maximum absolute atomic E-state index is 12.4. The van der Waals surface area contributed by atoms with Crippen molar-refractivity contribution < 1.29 is 23.9 Å². The molecule has 0 unspecified atom stereocenters. The molecule has 11 heteroatoms. The Morgan fingerprint density at radius 3 is 2.05 bits per heavy atom. The number of nitrogens with two attached hydrogens (primary N) is 3. The third-order valence-electron chi connectivity index (χ3n) is 5.11. The topological polar surface area (TPSA) is 175 Å². The van der Waals surface area contributed by atoms with E-state index in [1.54, 1.807) is 30.9 Å². The molecule has 0 aliphatic carbocycles. The monoisotopic (exact) mass is 606 g/mol. The van der Waals surface area contributed by atoms with E-state index < -0.39 is 0 Å². The lowest BCUT2D eigenvalue weighted by molar-refractivity contribution is -0.140. The lowest BCUT2D eigenvalue weighted by Crippen LogP contribution is -2.34. The molecule has 1 aliphatic rings. The number of nitrogens with zero attached hydrogens (tertiary/aromatic N) is 2. The van der Waals surface area contributed by atoms with Gasteiger partial charge >= 0.3 is 5.97 Å². The van der Waals surface area contributed by atoms with E-state index in [4.69, 9.17) is 21.9 Å². The van der Waals surface area contributed by atoms with E-state index in [2.05, 4.69) is 22.0 Å². The van der Waals surface area contributed by atoms with E-state index in [9.17, 15) is 14.4 Å². The van der Waals surface area contributed by atoms with Crippen LogP contribution in [0, 0.1) is 0 Å². The molecule has 11 nitrogen and oxygen atoms in total. The third-order valence-corrected chi connectivity index (χ3v) is 5.11. The molecule has 2 amide bonds. The van der Waals surface area contributed by atoms with Crippen molar-refractivity contribution in [1.82, 2.24) is 10.2 Å². The Hall–Kier alpha value is -3.86. The summed E-state index contributed by atoms with van der Waals surface area (Å²) in [5, 5.41) is 2.64. The number of rotatable bonds is 10. The van der Waals surface area contributed by atoms with Crippen molar-refractivity contribution in [3.05, 3.63) is 53.3 Å². The van der Waals surface area contributed by atoms with E-state index in [1.165, 1.54) is 6.92 Å². The van der Waals surface area contributed by atoms with Gasteiger partial charge in [-0.3, -0.25) is 19.4 Å². The second-order valence-electron chi connectivity index (χ2n) is 8.26. The lowest BCUT2D eigenvalue weighted by Gasteiger charge is -2.23. The Morgan fingerprint density at radius 2 is 1.63 bits per heavy atom. The first-order chi connectivity index (χ1) is 20.6. The van der Waals surface area contributed by atoms with Crippen molar-refractivity contribution in [3.63, 3.8) is 0 Å². The number of carbonyl (C=O) groups excluding carboxylic acids is 3. The van der Waals surface area contributed by atoms with Crippen LogP contribution in [0.25, 0.3) is 0 Å². The Labute approximate surface area is 259 Å². The largest absolute Gasteiger partial charge is 0.494 e. The van der Waals surface area contributed by atoms with Gasteiger partial charge in [0.25, 0.3) is 5.91 Å². The molecular weight excluding hydrogens is 548 g/mol. The number of unbranched alkanes of at least 4 members (excludes halogenated alkanes) is 1. The van der Waals surface area contributed by atoms with Crippen LogP contribution < -0.4 is 27.3 Å². The SMILES string of the molecule is C/C=C1/C(=O)NCC(=O)N(Cc2ccc(OCCCN)cc2)/C1=C/C.CC.CC.CCCCN=C(N)N.CCOC(C)=O. The van der Waals surface area contributed by atoms with E-state index in [0.717, 1.165) is 37.1 Å². The molecule has 43 heavy (non-hydrogen) atoms. The second-order valence-corrected chi connectivity index (χ2v) is 8.26. The van der Waals surface area contributed by atoms with Gasteiger partial charge in [-0.1, -0.05) is 65.3 Å². The first kappa shape index (κ1) is 43.6. The smallest absolute Gasteiger partial charge is 0.302 e. The van der Waals surface area contributed by atoms with Crippen molar-refractivity contribution in [2.24, 2.45) is 22.2 Å². The zero-order chi connectivity index (χ0) is 33.6. The Bertz CT molecular complexity index is 971. The van der Waals surface area contributed by atoms with Crippen molar-refractivity contribution >= 4 is 23.7 Å². The first-order valence-electron chi connectivity index (χ1n) is 15.2. The number of hydrogen-bond donors (Lipinski definition) is 4. The number of guanidine groups is 1. The summed E-state index contributed by atoms with van der Waals surface area (Å²) >= 11 is 0. The molecule has 0 spiro atoms. The van der Waals surface area contributed by atoms with E-state index in [0.29, 0.717) is 37.6 Å². The number of allylic oxidation sites excluding steroid dienone is 2. The summed E-state index contributed by atoms with van der Waals surface area (Å²) in [7, 11) is 0. The molecule has 0 saturated carbocycles. The molecular formula is C32H58N6O5. The molecule has 1 aromatic rings. The quantitative estimate of drug-likeness (QED) is 0.0996. The average molecular weight is 607 g/mol. The normalized spacial score (nSPS) is 13.7. The molecule has 1 aliphatic heterocycles. The van der Waals surface area contributed by atoms with Gasteiger partial charge in [0.15, 0.2) is 5.96 Å². The molecule has 0 radical (unpaired) electrons. The minimum absolute atomic E-state index is 0.00615. The second kappa shape index (κ2) is 29.6. The van der Waals surface area contributed by atoms with Crippen molar-refractivity contribution in [2.75, 3.05) is 32.8 Å². The van der Waals surface area contributed by atoms with Gasteiger partial charge in [-0.05, 0) is 57.9 Å². The number of amides is 2. The zero-order valence-corrected chi connectivity index (χ0v) is 28.0. The van der Waals surface area contributed by atoms with Gasteiger partial charge in [0, 0.05) is 13.5 Å². The van der Waals surface area contributed by atoms with Gasteiger partial charge in [-0.2, -0.15) is 0 Å². The van der Waals surface area contributed by atoms with Crippen molar-refractivity contribution in [3.8, 4) is 5.75 Å². The van der Waals surface area contributed by atoms with Gasteiger partial charge < -0.3 is 36.9 Å². The molecule has 1 fully saturated rings. The highest BCUT2D eigenvalue weighted by atomic mass is 16.5. The fourth-order valence-corrected chi connectivity index (χ4v) is 3.22. The van der Waals surface area contributed by atoms with Gasteiger partial charge in [-0.25, -0.2) is 0 Å². The molecule has 0 aromatic heterocycles. The van der Waals surface area contributed by atoms with Crippen LogP contribution in [0.5, 0.6) is 5.75 Å². The van der Waals surface area contributed by atoms with Crippen molar-refractivity contribution in [1.29, 1.82) is 0 Å². The summed E-state index contributed by atoms with van der Waals surface area (Å²) in [6.07, 6.45) is 6.53. The van der Waals surface area contributed by atoms with Gasteiger partial charge in [-0.15, -0.1) is 0 Å². The van der Waals surface area contributed by atoms with Gasteiger partial charge in [0.2, 0.25) is 5.91 Å². The van der Waals surface area contributed by atoms with E-state index in [-0.39, 0.29) is 30.3 Å². The number of hydrogen-bond acceptors (Lipinski definition) is 7. The number of esters is 1. The predicted octanol–water partition coefficient (Wildman–Crippen LogP) is 4.40. The highest BCUT2D eigenvalue weighted by molar-refractivity contribution is 6.02. The summed E-state index contributed by atoms with van der Waals surface area (Å²) < 4.78 is 9.99. The fraction of sp³-hybridized carbons (Fsp3) is 0.562. The number of aliphatic imine (C=N–C) groups is 1. The summed E-state index contributed by atoms with van der Waals surface area (Å²) in [6.45, 7) is 19.7. The van der Waals surface area contributed by atoms with Crippen LogP contribution in [0.1, 0.15) is 87.1 Å². The maximum Gasteiger partial charge on any atom is 0.302 e. The zero-order valence-electron chi connectivity index (χ0n) is 28.0. The van der Waals surface area contributed by atoms with Crippen LogP contribution >= 0.6 is 0 Å². The van der Waals surface area contributed by atoms with Crippen LogP contribution in [0.2, 0.25) is 0 Å². The number of nitrogens with one attached hydrogen (secondary N) is 1. The summed E-state index contributed by atoms with van der Waals surface area (Å²) in [6, 6.07) is 7.61. The molecule has 0 atom stereocenters. The summed E-state index contributed by atoms with van der Waals surface area (Å²) in [5.74, 6) is 0.393. The number of carbonyl (C=O) groups is 3. The van der Waals surface area contributed by atoms with Gasteiger partial charge in [0.1, 0.15) is 5.75 Å². The maximum atomic E-state index is 12.4. The standard InChI is InChI=1S/C19H25N3O3.C5H13N3.C4H8O2.2C2H6/c1-3-16-17(4-2)22(18(23)12-21-19(16)24)13-14-6-8-15(9-7-14)25-11-5-10-20;1-2-3-4-8-5(6)7;1-3-6-4(2)5;2*1-2/h3-4,6-9H,5,10-13,20H2,1-2H3,(H,21,24);2-4H2,1H3,(H4,6,7,8);3H2,1-2H3;2*1-2H3/b16-3+,17-4+;;;;. The minimum Gasteiger partial charge on any atom is -0.494 e. The molecule has 0 bridgehead atoms. The Balaban J connectivity index is -0.000000731. The van der Waals surface area contributed by atoms with Crippen LogP contribution in [0.3, 0.4) is 0 Å². The lowest BCUT2D eigenvalue weighted by atomic mass is 10.1. The third kappa shape index (κ3) is 21.5. The van der Waals surface area contributed by atoms with E-state index >= 15 is 0 Å². The van der Waals surface area contributed by atoms with Gasteiger partial charge in [0.05, 0.1) is 37.6 Å². The molecule has 7 N–H and O–H groups in total.